The Morgan fingerprint density at radius 1 is 0.932 bits per heavy atom. The van der Waals surface area contributed by atoms with Gasteiger partial charge in [-0.1, -0.05) is 45.9 Å². The van der Waals surface area contributed by atoms with E-state index in [9.17, 15) is 28.8 Å². The molecule has 1 saturated heterocycles. The molecule has 0 spiro atoms. The molecule has 1 aliphatic rings. The van der Waals surface area contributed by atoms with Crippen molar-refractivity contribution < 1.29 is 33.5 Å². The fourth-order valence-electron chi connectivity index (χ4n) is 5.02. The fourth-order valence-corrected chi connectivity index (χ4v) is 5.02. The summed E-state index contributed by atoms with van der Waals surface area (Å²) in [5.41, 5.74) is 5.21. The van der Waals surface area contributed by atoms with Crippen LogP contribution in [0.4, 0.5) is 0 Å². The van der Waals surface area contributed by atoms with Gasteiger partial charge in [0.15, 0.2) is 0 Å². The van der Waals surface area contributed by atoms with Crippen molar-refractivity contribution in [1.82, 2.24) is 20.9 Å². The van der Waals surface area contributed by atoms with E-state index < -0.39 is 59.4 Å². The molecule has 0 bridgehead atoms. The topological polar surface area (TPSA) is 177 Å². The summed E-state index contributed by atoms with van der Waals surface area (Å²) in [6.07, 6.45) is 1.05. The average Bonchev–Trinajstić information content (AvgIpc) is 3.42. The van der Waals surface area contributed by atoms with E-state index in [1.807, 2.05) is 13.8 Å². The van der Waals surface area contributed by atoms with Gasteiger partial charge in [0, 0.05) is 18.5 Å². The highest BCUT2D eigenvalue weighted by atomic mass is 16.6. The standard InChI is InChI=1S/C32H49N5O7/c1-19(2)18-23(35-30(42)24-14-11-17-37(24)31(43)21-12-9-8-10-13-21)29(41)34-22(15-16-25(38)44-32(5,6)7)28(40)36-26(20(3)4)27(33)39/h8-10,12-13,19-20,22-24,26H,11,14-18H2,1-7H3,(H2,33,39)(H,34,41)(H,35,42)(H,36,40)/t22-,23-,24-,26-/m0/s1. The Kier molecular flexibility index (Phi) is 13.3. The van der Waals surface area contributed by atoms with Gasteiger partial charge in [0.1, 0.15) is 29.8 Å². The van der Waals surface area contributed by atoms with E-state index in [2.05, 4.69) is 16.0 Å². The largest absolute Gasteiger partial charge is 0.460 e. The SMILES string of the molecule is CC(C)C[C@H](NC(=O)[C@@H]1CCCN1C(=O)c1ccccc1)C(=O)N[C@@H](CCC(=O)OC(C)(C)C)C(=O)N[C@H](C(N)=O)C(C)C. The van der Waals surface area contributed by atoms with Gasteiger partial charge < -0.3 is 31.3 Å². The van der Waals surface area contributed by atoms with Crippen molar-refractivity contribution in [3.63, 3.8) is 0 Å². The fraction of sp³-hybridized carbons (Fsp3) is 0.625. The van der Waals surface area contributed by atoms with Crippen molar-refractivity contribution >= 4 is 35.5 Å². The quantitative estimate of drug-likeness (QED) is 0.232. The van der Waals surface area contributed by atoms with E-state index in [0.29, 0.717) is 24.9 Å². The lowest BCUT2D eigenvalue weighted by atomic mass is 10.0. The maximum atomic E-state index is 13.6. The van der Waals surface area contributed by atoms with E-state index in [0.717, 1.165) is 0 Å². The van der Waals surface area contributed by atoms with Gasteiger partial charge in [-0.2, -0.15) is 0 Å². The first-order valence-electron chi connectivity index (χ1n) is 15.3. The summed E-state index contributed by atoms with van der Waals surface area (Å²) in [7, 11) is 0. The Balaban J connectivity index is 2.23. The van der Waals surface area contributed by atoms with Crippen molar-refractivity contribution in [3.8, 4) is 0 Å². The monoisotopic (exact) mass is 615 g/mol. The highest BCUT2D eigenvalue weighted by molar-refractivity contribution is 5.99. The van der Waals surface area contributed by atoms with Crippen LogP contribution in [0, 0.1) is 11.8 Å². The summed E-state index contributed by atoms with van der Waals surface area (Å²) in [6, 6.07) is 4.70. The van der Waals surface area contributed by atoms with Crippen LogP contribution in [-0.4, -0.2) is 76.7 Å². The molecule has 2 rings (SSSR count). The number of carbonyl (C=O) groups is 6. The molecule has 1 aromatic carbocycles. The second kappa shape index (κ2) is 16.2. The summed E-state index contributed by atoms with van der Waals surface area (Å²) < 4.78 is 5.35. The summed E-state index contributed by atoms with van der Waals surface area (Å²) in [5.74, 6) is -3.67. The van der Waals surface area contributed by atoms with E-state index in [-0.39, 0.29) is 37.0 Å². The number of nitrogens with zero attached hydrogens (tertiary/aromatic N) is 1. The maximum Gasteiger partial charge on any atom is 0.306 e. The summed E-state index contributed by atoms with van der Waals surface area (Å²) in [4.78, 5) is 79.4. The van der Waals surface area contributed by atoms with E-state index in [1.165, 1.54) is 4.90 Å². The van der Waals surface area contributed by atoms with Gasteiger partial charge in [-0.15, -0.1) is 0 Å². The third-order valence-corrected chi connectivity index (χ3v) is 7.14. The molecule has 244 valence electrons. The van der Waals surface area contributed by atoms with Gasteiger partial charge in [0.2, 0.25) is 23.6 Å². The lowest BCUT2D eigenvalue weighted by molar-refractivity contribution is -0.155. The number of hydrogen-bond donors (Lipinski definition) is 4. The predicted octanol–water partition coefficient (Wildman–Crippen LogP) is 2.05. The molecule has 44 heavy (non-hydrogen) atoms. The zero-order valence-electron chi connectivity index (χ0n) is 27.0. The summed E-state index contributed by atoms with van der Waals surface area (Å²) in [6.45, 7) is 12.8. The molecule has 1 heterocycles. The number of ether oxygens (including phenoxy) is 1. The molecule has 1 aromatic rings. The van der Waals surface area contributed by atoms with Crippen LogP contribution in [0.25, 0.3) is 0 Å². The van der Waals surface area contributed by atoms with Gasteiger partial charge in [0.05, 0.1) is 0 Å². The third kappa shape index (κ3) is 11.3. The highest BCUT2D eigenvalue weighted by Crippen LogP contribution is 2.21. The van der Waals surface area contributed by atoms with E-state index in [1.54, 1.807) is 65.0 Å². The van der Waals surface area contributed by atoms with Crippen molar-refractivity contribution in [1.29, 1.82) is 0 Å². The normalized spacial score (nSPS) is 17.0. The van der Waals surface area contributed by atoms with Gasteiger partial charge in [0.25, 0.3) is 5.91 Å². The zero-order chi connectivity index (χ0) is 33.2. The van der Waals surface area contributed by atoms with Crippen molar-refractivity contribution in [2.75, 3.05) is 6.54 Å². The first-order valence-corrected chi connectivity index (χ1v) is 15.3. The van der Waals surface area contributed by atoms with Gasteiger partial charge in [-0.05, 0) is 70.4 Å². The maximum absolute atomic E-state index is 13.6. The second-order valence-electron chi connectivity index (χ2n) is 13.0. The molecule has 5 N–H and O–H groups in total. The lowest BCUT2D eigenvalue weighted by Gasteiger charge is -2.29. The lowest BCUT2D eigenvalue weighted by Crippen LogP contribution is -2.58. The number of rotatable bonds is 14. The minimum absolute atomic E-state index is 0.00842. The number of benzene rings is 1. The molecule has 0 saturated carbocycles. The Bertz CT molecular complexity index is 1180. The number of esters is 1. The van der Waals surface area contributed by atoms with Crippen molar-refractivity contribution in [2.24, 2.45) is 17.6 Å². The predicted molar refractivity (Wildman–Crippen MR) is 165 cm³/mol. The highest BCUT2D eigenvalue weighted by Gasteiger charge is 2.37. The minimum Gasteiger partial charge on any atom is -0.460 e. The second-order valence-corrected chi connectivity index (χ2v) is 13.0. The molecule has 12 nitrogen and oxygen atoms in total. The van der Waals surface area contributed by atoms with Gasteiger partial charge >= 0.3 is 5.97 Å². The number of carbonyl (C=O) groups excluding carboxylic acids is 6. The molecule has 4 atom stereocenters. The van der Waals surface area contributed by atoms with E-state index in [4.69, 9.17) is 10.5 Å². The van der Waals surface area contributed by atoms with Gasteiger partial charge in [-0.3, -0.25) is 28.8 Å². The molecular formula is C32H49N5O7. The van der Waals surface area contributed by atoms with Crippen LogP contribution in [0.3, 0.4) is 0 Å². The number of hydrogen-bond acceptors (Lipinski definition) is 7. The molecule has 5 amide bonds. The van der Waals surface area contributed by atoms with E-state index >= 15 is 0 Å². The third-order valence-electron chi connectivity index (χ3n) is 7.14. The van der Waals surface area contributed by atoms with Gasteiger partial charge in [-0.25, -0.2) is 0 Å². The molecule has 0 aliphatic carbocycles. The minimum atomic E-state index is -1.22. The number of amides is 5. The molecule has 1 aliphatic heterocycles. The van der Waals surface area contributed by atoms with Crippen LogP contribution >= 0.6 is 0 Å². The number of likely N-dealkylation sites (tertiary alicyclic amines) is 1. The van der Waals surface area contributed by atoms with Crippen LogP contribution in [-0.2, 0) is 28.7 Å². The van der Waals surface area contributed by atoms with Crippen LogP contribution in [0.5, 0.6) is 0 Å². The Morgan fingerprint density at radius 3 is 2.09 bits per heavy atom. The Labute approximate surface area is 260 Å². The molecule has 1 fully saturated rings. The van der Waals surface area contributed by atoms with Crippen LogP contribution in [0.1, 0.15) is 90.9 Å². The molecule has 0 aromatic heterocycles. The van der Waals surface area contributed by atoms with Crippen LogP contribution in [0.15, 0.2) is 30.3 Å². The van der Waals surface area contributed by atoms with Crippen LogP contribution < -0.4 is 21.7 Å². The Morgan fingerprint density at radius 2 is 1.55 bits per heavy atom. The molecule has 0 radical (unpaired) electrons. The molecular weight excluding hydrogens is 566 g/mol. The number of primary amides is 1. The molecule has 0 unspecified atom stereocenters. The average molecular weight is 616 g/mol. The Hall–Kier alpha value is -3.96. The summed E-state index contributed by atoms with van der Waals surface area (Å²) in [5, 5.41) is 8.06. The smallest absolute Gasteiger partial charge is 0.306 e. The van der Waals surface area contributed by atoms with Crippen molar-refractivity contribution in [2.45, 2.75) is 110 Å². The first kappa shape index (κ1) is 36.2. The first-order chi connectivity index (χ1) is 20.5. The zero-order valence-corrected chi connectivity index (χ0v) is 27.0. The molecule has 12 heteroatoms. The number of nitrogens with two attached hydrogens (primary N) is 1. The van der Waals surface area contributed by atoms with Crippen molar-refractivity contribution in [3.05, 3.63) is 35.9 Å². The number of nitrogens with one attached hydrogen (secondary N) is 3. The van der Waals surface area contributed by atoms with Crippen LogP contribution in [0.2, 0.25) is 0 Å². The summed E-state index contributed by atoms with van der Waals surface area (Å²) >= 11 is 0.